The van der Waals surface area contributed by atoms with E-state index in [9.17, 15) is 4.79 Å². The highest BCUT2D eigenvalue weighted by molar-refractivity contribution is 5.84. The first-order valence-electron chi connectivity index (χ1n) is 6.42. The van der Waals surface area contributed by atoms with E-state index in [0.717, 1.165) is 11.1 Å². The van der Waals surface area contributed by atoms with E-state index in [1.807, 2.05) is 30.3 Å². The van der Waals surface area contributed by atoms with E-state index in [0.29, 0.717) is 5.52 Å². The number of methoxy groups -OCH3 is 1. The fourth-order valence-electron chi connectivity index (χ4n) is 2.38. The van der Waals surface area contributed by atoms with Crippen molar-refractivity contribution >= 4 is 23.0 Å². The number of nitrogens with two attached hydrogens (primary N) is 1. The summed E-state index contributed by atoms with van der Waals surface area (Å²) in [4.78, 5) is 20.5. The quantitative estimate of drug-likeness (QED) is 0.740. The van der Waals surface area contributed by atoms with Crippen molar-refractivity contribution < 1.29 is 9.53 Å². The Morgan fingerprint density at radius 1 is 1.29 bits per heavy atom. The highest BCUT2D eigenvalue weighted by Gasteiger charge is 2.27. The minimum Gasteiger partial charge on any atom is -0.467 e. The average Bonchev–Trinajstić information content (AvgIpc) is 2.85. The van der Waals surface area contributed by atoms with Crippen molar-refractivity contribution in [1.82, 2.24) is 14.5 Å². The molecule has 3 aromatic rings. The summed E-state index contributed by atoms with van der Waals surface area (Å²) >= 11 is 0. The van der Waals surface area contributed by atoms with Crippen LogP contribution in [0.5, 0.6) is 0 Å². The van der Waals surface area contributed by atoms with Gasteiger partial charge in [-0.15, -0.1) is 0 Å². The maximum Gasteiger partial charge on any atom is 0.333 e. The lowest BCUT2D eigenvalue weighted by atomic mass is 10.1. The van der Waals surface area contributed by atoms with Crippen LogP contribution in [0.3, 0.4) is 0 Å². The number of esters is 1. The lowest BCUT2D eigenvalue weighted by Gasteiger charge is -2.18. The van der Waals surface area contributed by atoms with Crippen molar-refractivity contribution in [1.29, 1.82) is 0 Å². The van der Waals surface area contributed by atoms with E-state index >= 15 is 0 Å². The number of pyridine rings is 1. The monoisotopic (exact) mass is 282 g/mol. The van der Waals surface area contributed by atoms with E-state index < -0.39 is 12.0 Å². The number of anilines is 1. The Morgan fingerprint density at radius 3 is 2.76 bits per heavy atom. The number of benzene rings is 1. The van der Waals surface area contributed by atoms with E-state index in [1.54, 1.807) is 23.0 Å². The van der Waals surface area contributed by atoms with E-state index in [2.05, 4.69) is 9.97 Å². The van der Waals surface area contributed by atoms with Gasteiger partial charge in [0, 0.05) is 6.20 Å². The molecule has 1 unspecified atom stereocenters. The molecular formula is C15H14N4O2. The van der Waals surface area contributed by atoms with Gasteiger partial charge in [0.2, 0.25) is 5.95 Å². The number of nitrogen functional groups attached to an aromatic ring is 1. The van der Waals surface area contributed by atoms with Crippen molar-refractivity contribution in [3.8, 4) is 0 Å². The summed E-state index contributed by atoms with van der Waals surface area (Å²) in [6.07, 6.45) is 3.25. The number of ether oxygens (including phenoxy) is 1. The van der Waals surface area contributed by atoms with Crippen molar-refractivity contribution in [2.24, 2.45) is 0 Å². The maximum atomic E-state index is 12.3. The maximum absolute atomic E-state index is 12.3. The van der Waals surface area contributed by atoms with Gasteiger partial charge < -0.3 is 10.5 Å². The molecule has 0 saturated carbocycles. The Morgan fingerprint density at radius 2 is 2.05 bits per heavy atom. The van der Waals surface area contributed by atoms with Crippen LogP contribution in [0.4, 0.5) is 5.95 Å². The number of imidazole rings is 1. The molecule has 2 aromatic heterocycles. The molecule has 0 fully saturated rings. The molecule has 6 heteroatoms. The second-order valence-corrected chi connectivity index (χ2v) is 4.54. The smallest absolute Gasteiger partial charge is 0.333 e. The molecule has 1 atom stereocenters. The molecule has 0 spiro atoms. The molecule has 0 aliphatic carbocycles. The zero-order valence-corrected chi connectivity index (χ0v) is 11.4. The van der Waals surface area contributed by atoms with Crippen LogP contribution in [0, 0.1) is 0 Å². The van der Waals surface area contributed by atoms with Crippen LogP contribution in [0.1, 0.15) is 11.6 Å². The van der Waals surface area contributed by atoms with Gasteiger partial charge in [0.05, 0.1) is 18.8 Å². The molecule has 1 aromatic carbocycles. The summed E-state index contributed by atoms with van der Waals surface area (Å²) in [5, 5.41) is 0. The molecule has 21 heavy (non-hydrogen) atoms. The fourth-order valence-corrected chi connectivity index (χ4v) is 2.38. The summed E-state index contributed by atoms with van der Waals surface area (Å²) in [6.45, 7) is 0. The standard InChI is InChI=1S/C15H14N4O2/c1-21-14(20)13(10-5-3-2-4-6-10)19-12-7-8-17-9-11(12)18-15(19)16/h2-9,13H,1H3,(H2,16,18). The third-order valence-electron chi connectivity index (χ3n) is 3.32. The van der Waals surface area contributed by atoms with Crippen LogP contribution in [0.25, 0.3) is 11.0 Å². The molecular weight excluding hydrogens is 268 g/mol. The molecule has 2 N–H and O–H groups in total. The summed E-state index contributed by atoms with van der Waals surface area (Å²) in [5.74, 6) is -0.152. The molecule has 106 valence electrons. The van der Waals surface area contributed by atoms with E-state index in [-0.39, 0.29) is 5.95 Å². The lowest BCUT2D eigenvalue weighted by Crippen LogP contribution is -2.23. The van der Waals surface area contributed by atoms with Gasteiger partial charge in [-0.05, 0) is 11.6 Å². The molecule has 0 bridgehead atoms. The number of aromatic nitrogens is 3. The Kier molecular flexibility index (Phi) is 3.27. The minimum atomic E-state index is -0.677. The van der Waals surface area contributed by atoms with Gasteiger partial charge in [-0.1, -0.05) is 30.3 Å². The minimum absolute atomic E-state index is 0.247. The molecule has 0 aliphatic rings. The summed E-state index contributed by atoms with van der Waals surface area (Å²) in [7, 11) is 1.36. The highest BCUT2D eigenvalue weighted by atomic mass is 16.5. The predicted octanol–water partition coefficient (Wildman–Crippen LogP) is 1.78. The molecule has 0 aliphatic heterocycles. The number of rotatable bonds is 3. The Bertz CT molecular complexity index is 783. The van der Waals surface area contributed by atoms with Gasteiger partial charge in [0.1, 0.15) is 5.52 Å². The number of carbonyl (C=O) groups is 1. The molecule has 0 saturated heterocycles. The topological polar surface area (TPSA) is 83.0 Å². The third kappa shape index (κ3) is 2.20. The Balaban J connectivity index is 2.24. The van der Waals surface area contributed by atoms with Crippen LogP contribution in [0.2, 0.25) is 0 Å². The first-order valence-corrected chi connectivity index (χ1v) is 6.42. The van der Waals surface area contributed by atoms with Crippen molar-refractivity contribution in [2.45, 2.75) is 6.04 Å². The zero-order chi connectivity index (χ0) is 14.8. The highest BCUT2D eigenvalue weighted by Crippen LogP contribution is 2.28. The number of hydrogen-bond acceptors (Lipinski definition) is 5. The number of fused-ring (bicyclic) bond motifs is 1. The first-order chi connectivity index (χ1) is 10.2. The molecule has 0 radical (unpaired) electrons. The molecule has 0 amide bonds. The van der Waals surface area contributed by atoms with Gasteiger partial charge in [-0.3, -0.25) is 9.55 Å². The van der Waals surface area contributed by atoms with Crippen LogP contribution in [-0.2, 0) is 9.53 Å². The number of hydrogen-bond donors (Lipinski definition) is 1. The predicted molar refractivity (Wildman–Crippen MR) is 78.5 cm³/mol. The van der Waals surface area contributed by atoms with Crippen LogP contribution < -0.4 is 5.73 Å². The molecule has 6 nitrogen and oxygen atoms in total. The van der Waals surface area contributed by atoms with Gasteiger partial charge >= 0.3 is 5.97 Å². The molecule has 3 rings (SSSR count). The van der Waals surface area contributed by atoms with E-state index in [4.69, 9.17) is 10.5 Å². The second-order valence-electron chi connectivity index (χ2n) is 4.54. The Hall–Kier alpha value is -2.89. The lowest BCUT2D eigenvalue weighted by molar-refractivity contribution is -0.143. The van der Waals surface area contributed by atoms with Gasteiger partial charge in [-0.2, -0.15) is 0 Å². The fraction of sp³-hybridized carbons (Fsp3) is 0.133. The summed E-state index contributed by atoms with van der Waals surface area (Å²) < 4.78 is 6.60. The van der Waals surface area contributed by atoms with Crippen LogP contribution in [-0.4, -0.2) is 27.6 Å². The van der Waals surface area contributed by atoms with Crippen molar-refractivity contribution in [3.63, 3.8) is 0 Å². The first kappa shape index (κ1) is 13.1. The molecule has 2 heterocycles. The number of carbonyl (C=O) groups excluding carboxylic acids is 1. The SMILES string of the molecule is COC(=O)C(c1ccccc1)n1c(N)nc2cnccc21. The normalized spacial score (nSPS) is 12.2. The van der Waals surface area contributed by atoms with Crippen molar-refractivity contribution in [2.75, 3.05) is 12.8 Å². The summed E-state index contributed by atoms with van der Waals surface area (Å²) in [6, 6.07) is 10.4. The number of nitrogens with zero attached hydrogens (tertiary/aromatic N) is 3. The van der Waals surface area contributed by atoms with Gasteiger partial charge in [-0.25, -0.2) is 9.78 Å². The zero-order valence-electron chi connectivity index (χ0n) is 11.4. The third-order valence-corrected chi connectivity index (χ3v) is 3.32. The van der Waals surface area contributed by atoms with E-state index in [1.165, 1.54) is 7.11 Å². The average molecular weight is 282 g/mol. The van der Waals surface area contributed by atoms with Gasteiger partial charge in [0.25, 0.3) is 0 Å². The Labute approximate surface area is 121 Å². The van der Waals surface area contributed by atoms with Crippen LogP contribution in [0.15, 0.2) is 48.8 Å². The van der Waals surface area contributed by atoms with Crippen molar-refractivity contribution in [3.05, 3.63) is 54.4 Å². The van der Waals surface area contributed by atoms with Crippen LogP contribution >= 0.6 is 0 Å². The van der Waals surface area contributed by atoms with Gasteiger partial charge in [0.15, 0.2) is 6.04 Å². The largest absolute Gasteiger partial charge is 0.467 e. The second kappa shape index (κ2) is 5.24. The summed E-state index contributed by atoms with van der Waals surface area (Å²) in [5.41, 5.74) is 8.16.